The zero-order valence-electron chi connectivity index (χ0n) is 14.9. The molecular weight excluding hydrogens is 368 g/mol. The Morgan fingerprint density at radius 2 is 1.63 bits per heavy atom. The summed E-state index contributed by atoms with van der Waals surface area (Å²) in [5.41, 5.74) is 6.82. The number of hydrogen-bond acceptors (Lipinski definition) is 6. The summed E-state index contributed by atoms with van der Waals surface area (Å²) in [5.74, 6) is 3.08. The molecule has 0 amide bonds. The zero-order chi connectivity index (χ0) is 19.2. The normalized spacial score (nSPS) is 10.3. The molecule has 0 atom stereocenters. The molecule has 27 heavy (non-hydrogen) atoms. The van der Waals surface area contributed by atoms with Gasteiger partial charge in [0.05, 0.1) is 19.2 Å². The molecular formula is C20H19ClN2O4. The van der Waals surface area contributed by atoms with Crippen LogP contribution in [-0.4, -0.2) is 19.2 Å². The number of pyridine rings is 1. The van der Waals surface area contributed by atoms with Gasteiger partial charge in [-0.3, -0.25) is 0 Å². The Balaban J connectivity index is 1.72. The Morgan fingerprint density at radius 3 is 2.33 bits per heavy atom. The van der Waals surface area contributed by atoms with Crippen molar-refractivity contribution in [3.8, 4) is 28.7 Å². The third-order valence-corrected chi connectivity index (χ3v) is 3.97. The van der Waals surface area contributed by atoms with E-state index in [4.69, 9.17) is 36.3 Å². The Labute approximate surface area is 162 Å². The minimum Gasteiger partial charge on any atom is -0.497 e. The largest absolute Gasteiger partial charge is 0.497 e. The van der Waals surface area contributed by atoms with Crippen molar-refractivity contribution >= 4 is 17.4 Å². The summed E-state index contributed by atoms with van der Waals surface area (Å²) < 4.78 is 22.2. The third kappa shape index (κ3) is 4.74. The van der Waals surface area contributed by atoms with Crippen molar-refractivity contribution in [1.29, 1.82) is 0 Å². The first kappa shape index (κ1) is 18.7. The van der Waals surface area contributed by atoms with Gasteiger partial charge in [0.15, 0.2) is 23.1 Å². The molecule has 1 aromatic heterocycles. The topological polar surface area (TPSA) is 75.8 Å². The van der Waals surface area contributed by atoms with Crippen LogP contribution < -0.4 is 24.7 Å². The number of aromatic nitrogens is 1. The van der Waals surface area contributed by atoms with Crippen LogP contribution in [0.4, 0.5) is 5.82 Å². The Hall–Kier alpha value is -3.12. The number of halogens is 1. The molecule has 0 spiro atoms. The van der Waals surface area contributed by atoms with Gasteiger partial charge < -0.3 is 24.7 Å². The van der Waals surface area contributed by atoms with E-state index in [2.05, 4.69) is 4.98 Å². The lowest BCUT2D eigenvalue weighted by molar-refractivity contribution is 0.283. The Morgan fingerprint density at radius 1 is 0.889 bits per heavy atom. The van der Waals surface area contributed by atoms with Gasteiger partial charge in [0.2, 0.25) is 0 Å². The molecule has 3 rings (SSSR count). The number of nitrogen functional groups attached to an aromatic ring is 1. The molecule has 2 N–H and O–H groups in total. The van der Waals surface area contributed by atoms with Gasteiger partial charge in [0, 0.05) is 18.3 Å². The van der Waals surface area contributed by atoms with E-state index in [1.165, 1.54) is 6.20 Å². The van der Waals surface area contributed by atoms with Crippen LogP contribution in [0, 0.1) is 0 Å². The summed E-state index contributed by atoms with van der Waals surface area (Å²) in [5, 5.41) is 0.436. The first-order chi connectivity index (χ1) is 13.1. The van der Waals surface area contributed by atoms with Gasteiger partial charge in [-0.25, -0.2) is 4.98 Å². The molecule has 0 saturated heterocycles. The molecule has 0 unspecified atom stereocenters. The molecule has 1 heterocycles. The lowest BCUT2D eigenvalue weighted by Gasteiger charge is -2.13. The standard InChI is InChI=1S/C20H19ClN2O4/c1-24-15-5-3-13(4-6-15)12-26-17-8-7-16(10-18(17)25-2)27-19-9-14(21)11-23-20(19)22/h3-11H,12H2,1-2H3,(H2,22,23). The molecule has 0 bridgehead atoms. The van der Waals surface area contributed by atoms with Crippen molar-refractivity contribution in [2.24, 2.45) is 0 Å². The van der Waals surface area contributed by atoms with Crippen LogP contribution in [0.15, 0.2) is 54.7 Å². The highest BCUT2D eigenvalue weighted by molar-refractivity contribution is 6.30. The maximum Gasteiger partial charge on any atom is 0.170 e. The number of methoxy groups -OCH3 is 2. The number of ether oxygens (including phenoxy) is 4. The van der Waals surface area contributed by atoms with Crippen molar-refractivity contribution in [3.05, 3.63) is 65.3 Å². The molecule has 6 nitrogen and oxygen atoms in total. The van der Waals surface area contributed by atoms with E-state index in [1.807, 2.05) is 24.3 Å². The number of benzene rings is 2. The second kappa shape index (κ2) is 8.51. The molecule has 3 aromatic rings. The molecule has 7 heteroatoms. The van der Waals surface area contributed by atoms with Crippen LogP contribution in [0.1, 0.15) is 5.56 Å². The van der Waals surface area contributed by atoms with Crippen molar-refractivity contribution in [2.75, 3.05) is 20.0 Å². The minimum absolute atomic E-state index is 0.248. The third-order valence-electron chi connectivity index (χ3n) is 3.76. The van der Waals surface area contributed by atoms with E-state index in [0.29, 0.717) is 34.6 Å². The van der Waals surface area contributed by atoms with Gasteiger partial charge in [-0.15, -0.1) is 0 Å². The predicted molar refractivity (Wildman–Crippen MR) is 104 cm³/mol. The van der Waals surface area contributed by atoms with Gasteiger partial charge in [-0.05, 0) is 29.8 Å². The van der Waals surface area contributed by atoms with E-state index < -0.39 is 0 Å². The summed E-state index contributed by atoms with van der Waals surface area (Å²) in [6, 6.07) is 14.5. The number of nitrogens with zero attached hydrogens (tertiary/aromatic N) is 1. The van der Waals surface area contributed by atoms with Crippen LogP contribution in [0.2, 0.25) is 5.02 Å². The summed E-state index contributed by atoms with van der Waals surface area (Å²) in [6.45, 7) is 0.395. The fraction of sp³-hybridized carbons (Fsp3) is 0.150. The first-order valence-corrected chi connectivity index (χ1v) is 8.49. The van der Waals surface area contributed by atoms with E-state index in [9.17, 15) is 0 Å². The Bertz CT molecular complexity index is 916. The monoisotopic (exact) mass is 386 g/mol. The van der Waals surface area contributed by atoms with E-state index in [0.717, 1.165) is 11.3 Å². The van der Waals surface area contributed by atoms with Crippen molar-refractivity contribution in [1.82, 2.24) is 4.98 Å². The lowest BCUT2D eigenvalue weighted by Crippen LogP contribution is -1.99. The van der Waals surface area contributed by atoms with E-state index in [1.54, 1.807) is 38.5 Å². The number of nitrogens with two attached hydrogens (primary N) is 1. The van der Waals surface area contributed by atoms with Crippen molar-refractivity contribution in [3.63, 3.8) is 0 Å². The lowest BCUT2D eigenvalue weighted by atomic mass is 10.2. The molecule has 0 radical (unpaired) electrons. The average molecular weight is 387 g/mol. The highest BCUT2D eigenvalue weighted by Gasteiger charge is 2.10. The number of anilines is 1. The smallest absolute Gasteiger partial charge is 0.170 e. The van der Waals surface area contributed by atoms with Crippen LogP contribution in [0.5, 0.6) is 28.7 Å². The van der Waals surface area contributed by atoms with E-state index in [-0.39, 0.29) is 5.82 Å². The van der Waals surface area contributed by atoms with Gasteiger partial charge in [-0.2, -0.15) is 0 Å². The summed E-state index contributed by atoms with van der Waals surface area (Å²) in [6.07, 6.45) is 1.46. The van der Waals surface area contributed by atoms with Crippen LogP contribution in [0.25, 0.3) is 0 Å². The van der Waals surface area contributed by atoms with Crippen LogP contribution in [-0.2, 0) is 6.61 Å². The van der Waals surface area contributed by atoms with Crippen molar-refractivity contribution < 1.29 is 18.9 Å². The molecule has 140 valence electrons. The SMILES string of the molecule is COc1ccc(COc2ccc(Oc3cc(Cl)cnc3N)cc2OC)cc1. The molecule has 0 aliphatic carbocycles. The Kier molecular flexibility index (Phi) is 5.88. The van der Waals surface area contributed by atoms with E-state index >= 15 is 0 Å². The maximum atomic E-state index is 5.93. The van der Waals surface area contributed by atoms with Gasteiger partial charge in [0.1, 0.15) is 18.1 Å². The minimum atomic E-state index is 0.248. The highest BCUT2D eigenvalue weighted by Crippen LogP contribution is 2.35. The second-order valence-electron chi connectivity index (χ2n) is 5.59. The molecule has 0 fully saturated rings. The quantitative estimate of drug-likeness (QED) is 0.634. The summed E-state index contributed by atoms with van der Waals surface area (Å²) in [7, 11) is 3.20. The predicted octanol–water partition coefficient (Wildman–Crippen LogP) is 4.71. The summed E-state index contributed by atoms with van der Waals surface area (Å²) >= 11 is 5.93. The second-order valence-corrected chi connectivity index (χ2v) is 6.02. The molecule has 2 aromatic carbocycles. The maximum absolute atomic E-state index is 5.93. The number of rotatable bonds is 7. The van der Waals surface area contributed by atoms with Crippen LogP contribution in [0.3, 0.4) is 0 Å². The van der Waals surface area contributed by atoms with Crippen LogP contribution >= 0.6 is 11.6 Å². The highest BCUT2D eigenvalue weighted by atomic mass is 35.5. The molecule has 0 aliphatic heterocycles. The van der Waals surface area contributed by atoms with Gasteiger partial charge >= 0.3 is 0 Å². The summed E-state index contributed by atoms with van der Waals surface area (Å²) in [4.78, 5) is 3.97. The van der Waals surface area contributed by atoms with Gasteiger partial charge in [0.25, 0.3) is 0 Å². The molecule has 0 aliphatic rings. The fourth-order valence-corrected chi connectivity index (χ4v) is 2.50. The zero-order valence-corrected chi connectivity index (χ0v) is 15.7. The molecule has 0 saturated carbocycles. The number of hydrogen-bond donors (Lipinski definition) is 1. The van der Waals surface area contributed by atoms with Gasteiger partial charge in [-0.1, -0.05) is 23.7 Å². The van der Waals surface area contributed by atoms with Crippen molar-refractivity contribution in [2.45, 2.75) is 6.61 Å². The average Bonchev–Trinajstić information content (AvgIpc) is 2.70. The fourth-order valence-electron chi connectivity index (χ4n) is 2.35. The first-order valence-electron chi connectivity index (χ1n) is 8.11.